The van der Waals surface area contributed by atoms with Crippen LogP contribution in [0.3, 0.4) is 0 Å². The summed E-state index contributed by atoms with van der Waals surface area (Å²) in [6.45, 7) is 13.6. The van der Waals surface area contributed by atoms with Gasteiger partial charge >= 0.3 is 0 Å². The van der Waals surface area contributed by atoms with Gasteiger partial charge in [0.1, 0.15) is 0 Å². The first-order chi connectivity index (χ1) is 23.5. The summed E-state index contributed by atoms with van der Waals surface area (Å²) in [7, 11) is 0. The van der Waals surface area contributed by atoms with Crippen LogP contribution >= 0.6 is 0 Å². The van der Waals surface area contributed by atoms with Gasteiger partial charge in [-0.2, -0.15) is 0 Å². The SMILES string of the molecule is C=C(C/C=C/C1=CC(c2ccccc2)CC1c1ccc(C)cc1)CCC1=CC=C(c2cc(CC)c(CC)c(CC)c2)C1c1ccccc1. The van der Waals surface area contributed by atoms with Crippen molar-refractivity contribution in [2.45, 2.75) is 90.4 Å². The second-order valence-corrected chi connectivity index (χ2v) is 13.8. The van der Waals surface area contributed by atoms with Crippen molar-refractivity contribution >= 4 is 5.57 Å². The Morgan fingerprint density at radius 1 is 0.750 bits per heavy atom. The first-order valence-corrected chi connectivity index (χ1v) is 18.3. The molecule has 0 fully saturated rings. The molecule has 0 aromatic heterocycles. The van der Waals surface area contributed by atoms with Crippen molar-refractivity contribution in [1.29, 1.82) is 0 Å². The van der Waals surface area contributed by atoms with Crippen LogP contribution in [0.1, 0.15) is 109 Å². The largest absolute Gasteiger partial charge is 0.0995 e. The number of hydrogen-bond acceptors (Lipinski definition) is 0. The van der Waals surface area contributed by atoms with E-state index in [1.165, 1.54) is 61.2 Å². The fourth-order valence-corrected chi connectivity index (χ4v) is 7.99. The molecule has 2 aliphatic carbocycles. The van der Waals surface area contributed by atoms with Gasteiger partial charge in [0, 0.05) is 17.8 Å². The molecule has 0 saturated carbocycles. The summed E-state index contributed by atoms with van der Waals surface area (Å²) >= 11 is 0. The molecule has 6 rings (SSSR count). The van der Waals surface area contributed by atoms with Crippen molar-refractivity contribution in [3.05, 3.63) is 195 Å². The first-order valence-electron chi connectivity index (χ1n) is 18.3. The van der Waals surface area contributed by atoms with E-state index >= 15 is 0 Å². The normalized spacial score (nSPS) is 19.0. The molecule has 0 heterocycles. The maximum Gasteiger partial charge on any atom is 0.0308 e. The van der Waals surface area contributed by atoms with Crippen molar-refractivity contribution in [3.8, 4) is 0 Å². The maximum atomic E-state index is 4.55. The van der Waals surface area contributed by atoms with Crippen LogP contribution in [-0.4, -0.2) is 0 Å². The molecule has 0 nitrogen and oxygen atoms in total. The molecule has 3 unspecified atom stereocenters. The second kappa shape index (κ2) is 15.7. The zero-order chi connectivity index (χ0) is 33.5. The molecule has 48 heavy (non-hydrogen) atoms. The molecule has 0 radical (unpaired) electrons. The minimum atomic E-state index is 0.297. The summed E-state index contributed by atoms with van der Waals surface area (Å²) in [4.78, 5) is 0. The predicted molar refractivity (Wildman–Crippen MR) is 208 cm³/mol. The van der Waals surface area contributed by atoms with Crippen LogP contribution in [0.25, 0.3) is 5.57 Å². The summed E-state index contributed by atoms with van der Waals surface area (Å²) in [6, 6.07) is 36.2. The van der Waals surface area contributed by atoms with Gasteiger partial charge in [0.25, 0.3) is 0 Å². The van der Waals surface area contributed by atoms with E-state index in [4.69, 9.17) is 0 Å². The average Bonchev–Trinajstić information content (AvgIpc) is 3.76. The molecule has 0 spiro atoms. The average molecular weight is 629 g/mol. The van der Waals surface area contributed by atoms with Gasteiger partial charge in [-0.05, 0) is 102 Å². The molecule has 0 aliphatic heterocycles. The van der Waals surface area contributed by atoms with E-state index in [0.29, 0.717) is 17.8 Å². The standard InChI is InChI=1S/C48H52/c1-6-36-30-44(31-37(7-2)45(36)8-3)46-29-28-41(48(46)40-19-13-10-14-20-40)27-24-34(4)16-15-21-42-32-43(38-17-11-9-12-18-38)33-47(42)39-25-22-35(5)23-26-39/h9-15,17-23,25-26,28-32,43,47-48H,4,6-8,16,24,27,33H2,1-3,5H3/b21-15+. The van der Waals surface area contributed by atoms with E-state index in [1.807, 2.05) is 0 Å². The van der Waals surface area contributed by atoms with Crippen molar-refractivity contribution < 1.29 is 0 Å². The summed E-state index contributed by atoms with van der Waals surface area (Å²) in [5, 5.41) is 0. The third-order valence-electron chi connectivity index (χ3n) is 10.7. The van der Waals surface area contributed by atoms with Crippen LogP contribution in [0, 0.1) is 6.92 Å². The van der Waals surface area contributed by atoms with Crippen molar-refractivity contribution in [3.63, 3.8) is 0 Å². The Morgan fingerprint density at radius 3 is 2.02 bits per heavy atom. The van der Waals surface area contributed by atoms with E-state index in [-0.39, 0.29) is 0 Å². The van der Waals surface area contributed by atoms with Gasteiger partial charge in [0.2, 0.25) is 0 Å². The number of benzene rings is 4. The molecular formula is C48H52. The molecule has 0 bridgehead atoms. The molecular weight excluding hydrogens is 577 g/mol. The Hall–Kier alpha value is -4.42. The molecule has 0 amide bonds. The van der Waals surface area contributed by atoms with E-state index < -0.39 is 0 Å². The lowest BCUT2D eigenvalue weighted by Crippen LogP contribution is -2.06. The highest BCUT2D eigenvalue weighted by molar-refractivity contribution is 5.80. The van der Waals surface area contributed by atoms with E-state index in [9.17, 15) is 0 Å². The zero-order valence-electron chi connectivity index (χ0n) is 29.5. The number of rotatable bonds is 13. The van der Waals surface area contributed by atoms with Gasteiger partial charge < -0.3 is 0 Å². The fraction of sp³-hybridized carbons (Fsp3) is 0.292. The monoisotopic (exact) mass is 628 g/mol. The quantitative estimate of drug-likeness (QED) is 0.129. The van der Waals surface area contributed by atoms with Gasteiger partial charge in [0.05, 0.1) is 0 Å². The molecule has 4 aromatic carbocycles. The van der Waals surface area contributed by atoms with E-state index in [1.54, 1.807) is 5.56 Å². The van der Waals surface area contributed by atoms with Crippen LogP contribution in [-0.2, 0) is 19.3 Å². The lowest BCUT2D eigenvalue weighted by Gasteiger charge is -2.23. The molecule has 0 saturated heterocycles. The highest BCUT2D eigenvalue weighted by Gasteiger charge is 2.28. The fourth-order valence-electron chi connectivity index (χ4n) is 7.99. The topological polar surface area (TPSA) is 0 Å². The summed E-state index contributed by atoms with van der Waals surface area (Å²) in [6.07, 6.45) is 19.4. The van der Waals surface area contributed by atoms with Gasteiger partial charge in [-0.1, -0.05) is 172 Å². The van der Waals surface area contributed by atoms with E-state index in [2.05, 4.69) is 162 Å². The second-order valence-electron chi connectivity index (χ2n) is 13.8. The Bertz CT molecular complexity index is 1800. The molecule has 3 atom stereocenters. The molecule has 244 valence electrons. The minimum absolute atomic E-state index is 0.297. The van der Waals surface area contributed by atoms with Gasteiger partial charge in [-0.3, -0.25) is 0 Å². The smallest absolute Gasteiger partial charge is 0.0308 e. The van der Waals surface area contributed by atoms with E-state index in [0.717, 1.165) is 44.9 Å². The predicted octanol–water partition coefficient (Wildman–Crippen LogP) is 13.0. The molecule has 2 aliphatic rings. The highest BCUT2D eigenvalue weighted by Crippen LogP contribution is 2.46. The molecule has 4 aromatic rings. The maximum absolute atomic E-state index is 4.55. The first kappa shape index (κ1) is 33.5. The summed E-state index contributed by atoms with van der Waals surface area (Å²) in [5.41, 5.74) is 17.1. The van der Waals surface area contributed by atoms with Crippen LogP contribution in [0.15, 0.2) is 151 Å². The summed E-state index contributed by atoms with van der Waals surface area (Å²) < 4.78 is 0. The number of aryl methyl sites for hydroxylation is 3. The number of allylic oxidation sites excluding steroid dienone is 9. The summed E-state index contributed by atoms with van der Waals surface area (Å²) in [5.74, 6) is 1.17. The Labute approximate surface area is 290 Å². The Morgan fingerprint density at radius 2 is 1.40 bits per heavy atom. The van der Waals surface area contributed by atoms with Crippen molar-refractivity contribution in [2.24, 2.45) is 0 Å². The van der Waals surface area contributed by atoms with Crippen LogP contribution in [0.4, 0.5) is 0 Å². The third kappa shape index (κ3) is 7.50. The van der Waals surface area contributed by atoms with Crippen LogP contribution < -0.4 is 0 Å². The van der Waals surface area contributed by atoms with Gasteiger partial charge in [-0.25, -0.2) is 0 Å². The van der Waals surface area contributed by atoms with Gasteiger partial charge in [0.15, 0.2) is 0 Å². The molecule has 0 heteroatoms. The zero-order valence-corrected chi connectivity index (χ0v) is 29.5. The van der Waals surface area contributed by atoms with Gasteiger partial charge in [-0.15, -0.1) is 0 Å². The lowest BCUT2D eigenvalue weighted by atomic mass is 9.81. The Balaban J connectivity index is 1.15. The minimum Gasteiger partial charge on any atom is -0.0995 e. The van der Waals surface area contributed by atoms with Crippen molar-refractivity contribution in [2.75, 3.05) is 0 Å². The highest BCUT2D eigenvalue weighted by atomic mass is 14.3. The third-order valence-corrected chi connectivity index (χ3v) is 10.7. The Kier molecular flexibility index (Phi) is 10.9. The number of hydrogen-bond donors (Lipinski definition) is 0. The lowest BCUT2D eigenvalue weighted by molar-refractivity contribution is 0.712. The van der Waals surface area contributed by atoms with Crippen molar-refractivity contribution in [1.82, 2.24) is 0 Å². The molecule has 0 N–H and O–H groups in total. The van der Waals surface area contributed by atoms with Crippen LogP contribution in [0.2, 0.25) is 0 Å². The van der Waals surface area contributed by atoms with Crippen LogP contribution in [0.5, 0.6) is 0 Å².